The highest BCUT2D eigenvalue weighted by Gasteiger charge is 2.33. The zero-order chi connectivity index (χ0) is 36.7. The SMILES string of the molecule is O=C1/C(=C/c2ccc(Cl)c(Cl)c2)CN(C(=O)N[C@@H](Cc2ccccc2)C(=O)N[C@@H](Cc2ccc(O)cc2)C(=O)O)C/C1=C\c1ccc(Cl)c(Cl)c1. The van der Waals surface area contributed by atoms with E-state index in [-0.39, 0.29) is 58.7 Å². The molecule has 0 aromatic heterocycles. The molecule has 1 aliphatic heterocycles. The lowest BCUT2D eigenvalue weighted by Gasteiger charge is -2.32. The number of ketones is 1. The molecule has 0 spiro atoms. The van der Waals surface area contributed by atoms with E-state index in [0.29, 0.717) is 26.7 Å². The second-order valence-electron chi connectivity index (χ2n) is 11.8. The van der Waals surface area contributed by atoms with Gasteiger partial charge in [0.15, 0.2) is 5.78 Å². The Morgan fingerprint density at radius 3 is 1.71 bits per heavy atom. The highest BCUT2D eigenvalue weighted by atomic mass is 35.5. The summed E-state index contributed by atoms with van der Waals surface area (Å²) in [7, 11) is 0. The summed E-state index contributed by atoms with van der Waals surface area (Å²) in [5.41, 5.74) is 2.99. The van der Waals surface area contributed by atoms with Crippen LogP contribution in [0.25, 0.3) is 12.2 Å². The number of urea groups is 1. The molecule has 1 heterocycles. The molecule has 0 unspecified atom stereocenters. The fourth-order valence-electron chi connectivity index (χ4n) is 5.43. The van der Waals surface area contributed by atoms with Gasteiger partial charge in [0.1, 0.15) is 17.8 Å². The van der Waals surface area contributed by atoms with Crippen molar-refractivity contribution in [3.05, 3.63) is 144 Å². The van der Waals surface area contributed by atoms with Crippen molar-refractivity contribution < 1.29 is 29.4 Å². The first-order valence-corrected chi connectivity index (χ1v) is 17.1. The third-order valence-electron chi connectivity index (χ3n) is 8.05. The summed E-state index contributed by atoms with van der Waals surface area (Å²) in [6, 6.07) is 21.5. The van der Waals surface area contributed by atoms with E-state index < -0.39 is 30.0 Å². The molecular weight excluding hydrogens is 736 g/mol. The van der Waals surface area contributed by atoms with Crippen LogP contribution in [0, 0.1) is 0 Å². The first kappa shape index (κ1) is 37.5. The number of carboxylic acid groups (broad SMARTS) is 1. The molecule has 4 N–H and O–H groups in total. The van der Waals surface area contributed by atoms with Crippen LogP contribution in [0.3, 0.4) is 0 Å². The largest absolute Gasteiger partial charge is 0.508 e. The summed E-state index contributed by atoms with van der Waals surface area (Å²) in [6.07, 6.45) is 3.21. The molecule has 2 atom stereocenters. The molecule has 0 aliphatic carbocycles. The highest BCUT2D eigenvalue weighted by Crippen LogP contribution is 2.28. The van der Waals surface area contributed by atoms with Crippen molar-refractivity contribution in [2.24, 2.45) is 0 Å². The first-order chi connectivity index (χ1) is 24.4. The Morgan fingerprint density at radius 1 is 0.686 bits per heavy atom. The van der Waals surface area contributed by atoms with Gasteiger partial charge in [-0.2, -0.15) is 0 Å². The van der Waals surface area contributed by atoms with E-state index in [1.165, 1.54) is 17.0 Å². The van der Waals surface area contributed by atoms with Crippen LogP contribution in [-0.2, 0) is 27.2 Å². The van der Waals surface area contributed by atoms with Gasteiger partial charge in [-0.05, 0) is 70.8 Å². The van der Waals surface area contributed by atoms with Crippen LogP contribution >= 0.6 is 46.4 Å². The minimum absolute atomic E-state index is 0.0182. The molecule has 1 fully saturated rings. The highest BCUT2D eigenvalue weighted by molar-refractivity contribution is 6.42. The number of phenols is 1. The van der Waals surface area contributed by atoms with E-state index >= 15 is 0 Å². The van der Waals surface area contributed by atoms with Crippen molar-refractivity contribution >= 4 is 82.2 Å². The van der Waals surface area contributed by atoms with Crippen LogP contribution < -0.4 is 10.6 Å². The molecule has 13 heteroatoms. The van der Waals surface area contributed by atoms with Gasteiger partial charge in [0.25, 0.3) is 0 Å². The van der Waals surface area contributed by atoms with Gasteiger partial charge in [-0.1, -0.05) is 101 Å². The fraction of sp³-hybridized carbons (Fsp3) is 0.158. The van der Waals surface area contributed by atoms with Gasteiger partial charge < -0.3 is 25.7 Å². The van der Waals surface area contributed by atoms with E-state index in [2.05, 4.69) is 10.6 Å². The number of rotatable bonds is 10. The van der Waals surface area contributed by atoms with Crippen LogP contribution in [0.2, 0.25) is 20.1 Å². The summed E-state index contributed by atoms with van der Waals surface area (Å²) in [5.74, 6) is -2.28. The smallest absolute Gasteiger partial charge is 0.326 e. The predicted molar refractivity (Wildman–Crippen MR) is 199 cm³/mol. The molecule has 4 aromatic carbocycles. The van der Waals surface area contributed by atoms with Gasteiger partial charge in [-0.25, -0.2) is 9.59 Å². The van der Waals surface area contributed by atoms with Crippen LogP contribution in [0.1, 0.15) is 22.3 Å². The number of nitrogens with one attached hydrogen (secondary N) is 2. The summed E-state index contributed by atoms with van der Waals surface area (Å²) in [6.45, 7) is -0.218. The lowest BCUT2D eigenvalue weighted by molar-refractivity contribution is -0.142. The molecule has 1 aliphatic rings. The number of benzene rings is 4. The van der Waals surface area contributed by atoms with Crippen LogP contribution in [0.15, 0.2) is 102 Å². The van der Waals surface area contributed by atoms with Crippen LogP contribution in [-0.4, -0.2) is 64.0 Å². The second kappa shape index (κ2) is 16.9. The lowest BCUT2D eigenvalue weighted by Crippen LogP contribution is -2.56. The van der Waals surface area contributed by atoms with Crippen molar-refractivity contribution in [2.75, 3.05) is 13.1 Å². The average molecular weight is 767 g/mol. The molecule has 5 rings (SSSR count). The Balaban J connectivity index is 1.44. The Morgan fingerprint density at radius 2 is 1.20 bits per heavy atom. The molecule has 1 saturated heterocycles. The minimum Gasteiger partial charge on any atom is -0.508 e. The Bertz CT molecular complexity index is 1940. The quantitative estimate of drug-likeness (QED) is 0.124. The number of carboxylic acids is 1. The number of Topliss-reactive ketones (excluding diaryl/α,β-unsaturated/α-hetero) is 1. The number of phenolic OH excluding ortho intramolecular Hbond substituents is 1. The van der Waals surface area contributed by atoms with E-state index in [9.17, 15) is 29.4 Å². The first-order valence-electron chi connectivity index (χ1n) is 15.6. The maximum atomic E-state index is 14.0. The molecule has 262 valence electrons. The summed E-state index contributed by atoms with van der Waals surface area (Å²) >= 11 is 24.7. The van der Waals surface area contributed by atoms with Crippen LogP contribution in [0.4, 0.5) is 4.79 Å². The zero-order valence-electron chi connectivity index (χ0n) is 26.8. The second-order valence-corrected chi connectivity index (χ2v) is 13.5. The van der Waals surface area contributed by atoms with Crippen LogP contribution in [0.5, 0.6) is 5.75 Å². The molecule has 0 saturated carbocycles. The fourth-order valence-corrected chi connectivity index (χ4v) is 6.04. The number of hydrogen-bond donors (Lipinski definition) is 4. The van der Waals surface area contributed by atoms with Crippen molar-refractivity contribution in [3.8, 4) is 5.75 Å². The van der Waals surface area contributed by atoms with E-state index in [4.69, 9.17) is 46.4 Å². The van der Waals surface area contributed by atoms with Crippen molar-refractivity contribution in [3.63, 3.8) is 0 Å². The predicted octanol–water partition coefficient (Wildman–Crippen LogP) is 7.49. The Kier molecular flexibility index (Phi) is 12.4. The summed E-state index contributed by atoms with van der Waals surface area (Å²) in [4.78, 5) is 55.1. The van der Waals surface area contributed by atoms with Gasteiger partial charge >= 0.3 is 12.0 Å². The number of likely N-dealkylation sites (tertiary alicyclic amines) is 1. The number of carbonyl (C=O) groups excluding carboxylic acids is 3. The number of nitrogens with zero attached hydrogens (tertiary/aromatic N) is 1. The molecule has 51 heavy (non-hydrogen) atoms. The Hall–Kier alpha value is -4.80. The number of carbonyl (C=O) groups is 4. The standard InChI is InChI=1S/C38H31Cl4N3O6/c39-29-12-8-24(16-31(29)41)14-26-20-45(21-27(35(26)47)15-25-9-13-30(40)32(42)17-25)38(51)44-33(18-22-4-2-1-3-5-22)36(48)43-34(37(49)50)19-23-6-10-28(46)11-7-23/h1-17,33-34,46H,18-21H2,(H,43,48)(H,44,51)(H,49,50)/b26-14+,27-15+/t33-,34-/m0/s1. The van der Waals surface area contributed by atoms with E-state index in [1.54, 1.807) is 84.9 Å². The minimum atomic E-state index is -1.33. The third kappa shape index (κ3) is 10.1. The number of halogens is 4. The summed E-state index contributed by atoms with van der Waals surface area (Å²) < 4.78 is 0. The topological polar surface area (TPSA) is 136 Å². The molecule has 0 radical (unpaired) electrons. The van der Waals surface area contributed by atoms with E-state index in [0.717, 1.165) is 5.56 Å². The monoisotopic (exact) mass is 765 g/mol. The molecular formula is C38H31Cl4N3O6. The number of amides is 3. The number of piperidine rings is 1. The summed E-state index contributed by atoms with van der Waals surface area (Å²) in [5, 5.41) is 26.1. The number of aromatic hydroxyl groups is 1. The maximum absolute atomic E-state index is 14.0. The van der Waals surface area contributed by atoms with Gasteiger partial charge in [0, 0.05) is 24.0 Å². The molecule has 4 aromatic rings. The third-order valence-corrected chi connectivity index (χ3v) is 9.53. The van der Waals surface area contributed by atoms with Gasteiger partial charge in [0.2, 0.25) is 5.91 Å². The Labute approximate surface area is 314 Å². The lowest BCUT2D eigenvalue weighted by atomic mass is 9.94. The number of aliphatic carboxylic acids is 1. The number of hydrogen-bond acceptors (Lipinski definition) is 5. The average Bonchev–Trinajstić information content (AvgIpc) is 3.10. The van der Waals surface area contributed by atoms with Crippen molar-refractivity contribution in [1.82, 2.24) is 15.5 Å². The maximum Gasteiger partial charge on any atom is 0.326 e. The zero-order valence-corrected chi connectivity index (χ0v) is 29.8. The normalized spacial score (nSPS) is 15.8. The van der Waals surface area contributed by atoms with Crippen molar-refractivity contribution in [2.45, 2.75) is 24.9 Å². The van der Waals surface area contributed by atoms with E-state index in [1.807, 2.05) is 6.07 Å². The molecule has 9 nitrogen and oxygen atoms in total. The molecule has 0 bridgehead atoms. The van der Waals surface area contributed by atoms with Gasteiger partial charge in [0.05, 0.1) is 33.2 Å². The van der Waals surface area contributed by atoms with Gasteiger partial charge in [-0.3, -0.25) is 9.59 Å². The van der Waals surface area contributed by atoms with Crippen molar-refractivity contribution in [1.29, 1.82) is 0 Å². The van der Waals surface area contributed by atoms with Gasteiger partial charge in [-0.15, -0.1) is 0 Å². The molecule has 3 amide bonds.